The maximum absolute atomic E-state index is 6.06. The average Bonchev–Trinajstić information content (AvgIpc) is 2.79. The molecule has 104 valence electrons. The molecular formula is C16H24N2O. The zero-order chi connectivity index (χ0) is 13.2. The molecule has 0 radical (unpaired) electrons. The standard InChI is InChI=1S/C16H24N2O/c1-12(2)17-14-8-15-11-19-16(10-18(15)9-14)13-6-4-3-5-7-13/h3-7,12,14-17H,8-11H2,1-2H3/t14-,15-,16+/m0/s1. The molecule has 2 aliphatic rings. The van der Waals surface area contributed by atoms with Gasteiger partial charge >= 0.3 is 0 Å². The average molecular weight is 260 g/mol. The third-order valence-electron chi connectivity index (χ3n) is 4.16. The Morgan fingerprint density at radius 3 is 2.74 bits per heavy atom. The predicted molar refractivity (Wildman–Crippen MR) is 77.2 cm³/mol. The van der Waals surface area contributed by atoms with Gasteiger partial charge in [0.05, 0.1) is 12.7 Å². The summed E-state index contributed by atoms with van der Waals surface area (Å²) in [5.41, 5.74) is 1.31. The number of rotatable bonds is 3. The molecule has 0 aromatic heterocycles. The van der Waals surface area contributed by atoms with Crippen LogP contribution in [0.5, 0.6) is 0 Å². The van der Waals surface area contributed by atoms with E-state index in [9.17, 15) is 0 Å². The molecule has 2 aliphatic heterocycles. The number of hydrogen-bond acceptors (Lipinski definition) is 3. The van der Waals surface area contributed by atoms with Gasteiger partial charge in [0.25, 0.3) is 0 Å². The molecule has 0 unspecified atom stereocenters. The quantitative estimate of drug-likeness (QED) is 0.901. The van der Waals surface area contributed by atoms with Crippen molar-refractivity contribution in [2.75, 3.05) is 19.7 Å². The fourth-order valence-electron chi connectivity index (χ4n) is 3.34. The summed E-state index contributed by atoms with van der Waals surface area (Å²) in [6.07, 6.45) is 1.47. The number of hydrogen-bond donors (Lipinski definition) is 1. The zero-order valence-electron chi connectivity index (χ0n) is 11.9. The van der Waals surface area contributed by atoms with Crippen LogP contribution < -0.4 is 5.32 Å². The highest BCUT2D eigenvalue weighted by atomic mass is 16.5. The first-order valence-electron chi connectivity index (χ1n) is 7.39. The van der Waals surface area contributed by atoms with E-state index >= 15 is 0 Å². The molecule has 0 bridgehead atoms. The summed E-state index contributed by atoms with van der Waals surface area (Å²) >= 11 is 0. The second-order valence-electron chi connectivity index (χ2n) is 6.09. The van der Waals surface area contributed by atoms with Gasteiger partial charge in [0.15, 0.2) is 0 Å². The Bertz CT molecular complexity index is 406. The molecule has 3 rings (SSSR count). The SMILES string of the molecule is CC(C)N[C@H]1C[C@H]2CO[C@@H](c3ccccc3)CN2C1. The predicted octanol–water partition coefficient (Wildman–Crippen LogP) is 2.20. The van der Waals surface area contributed by atoms with Gasteiger partial charge in [0.1, 0.15) is 0 Å². The fourth-order valence-corrected chi connectivity index (χ4v) is 3.34. The number of nitrogens with zero attached hydrogens (tertiary/aromatic N) is 1. The minimum absolute atomic E-state index is 0.246. The molecule has 1 aromatic carbocycles. The van der Waals surface area contributed by atoms with Gasteiger partial charge in [-0.1, -0.05) is 44.2 Å². The zero-order valence-corrected chi connectivity index (χ0v) is 11.9. The van der Waals surface area contributed by atoms with Crippen molar-refractivity contribution in [1.82, 2.24) is 10.2 Å². The molecular weight excluding hydrogens is 236 g/mol. The Morgan fingerprint density at radius 1 is 1.21 bits per heavy atom. The van der Waals surface area contributed by atoms with E-state index in [-0.39, 0.29) is 6.10 Å². The first kappa shape index (κ1) is 13.1. The lowest BCUT2D eigenvalue weighted by Gasteiger charge is -2.35. The highest BCUT2D eigenvalue weighted by Crippen LogP contribution is 2.30. The Hall–Kier alpha value is -0.900. The number of nitrogens with one attached hydrogen (secondary N) is 1. The van der Waals surface area contributed by atoms with Gasteiger partial charge in [-0.3, -0.25) is 4.90 Å². The summed E-state index contributed by atoms with van der Waals surface area (Å²) in [4.78, 5) is 2.60. The second-order valence-corrected chi connectivity index (χ2v) is 6.09. The van der Waals surface area contributed by atoms with E-state index in [1.807, 2.05) is 0 Å². The van der Waals surface area contributed by atoms with Crippen molar-refractivity contribution in [1.29, 1.82) is 0 Å². The summed E-state index contributed by atoms with van der Waals surface area (Å²) in [6.45, 7) is 7.51. The topological polar surface area (TPSA) is 24.5 Å². The van der Waals surface area contributed by atoms with E-state index in [1.54, 1.807) is 0 Å². The molecule has 0 spiro atoms. The van der Waals surface area contributed by atoms with Crippen molar-refractivity contribution >= 4 is 0 Å². The third-order valence-corrected chi connectivity index (χ3v) is 4.16. The highest BCUT2D eigenvalue weighted by Gasteiger charge is 2.37. The normalized spacial score (nSPS) is 31.6. The van der Waals surface area contributed by atoms with Crippen molar-refractivity contribution in [3.63, 3.8) is 0 Å². The molecule has 3 heteroatoms. The maximum atomic E-state index is 6.06. The van der Waals surface area contributed by atoms with Gasteiger partial charge in [0, 0.05) is 31.2 Å². The first-order valence-corrected chi connectivity index (χ1v) is 7.39. The van der Waals surface area contributed by atoms with E-state index in [0.29, 0.717) is 18.1 Å². The molecule has 2 saturated heterocycles. The van der Waals surface area contributed by atoms with Crippen LogP contribution in [0.2, 0.25) is 0 Å². The Kier molecular flexibility index (Phi) is 3.87. The summed E-state index contributed by atoms with van der Waals surface area (Å²) < 4.78 is 6.06. The van der Waals surface area contributed by atoms with Crippen LogP contribution in [0.4, 0.5) is 0 Å². The van der Waals surface area contributed by atoms with E-state index in [0.717, 1.165) is 19.7 Å². The largest absolute Gasteiger partial charge is 0.371 e. The lowest BCUT2D eigenvalue weighted by atomic mass is 10.1. The van der Waals surface area contributed by atoms with Crippen LogP contribution in [-0.4, -0.2) is 42.7 Å². The van der Waals surface area contributed by atoms with Crippen molar-refractivity contribution in [2.45, 2.75) is 44.5 Å². The van der Waals surface area contributed by atoms with Crippen LogP contribution in [0.1, 0.15) is 31.9 Å². The fraction of sp³-hybridized carbons (Fsp3) is 0.625. The van der Waals surface area contributed by atoms with Gasteiger partial charge in [0.2, 0.25) is 0 Å². The minimum atomic E-state index is 0.246. The lowest BCUT2D eigenvalue weighted by molar-refractivity contribution is -0.0502. The van der Waals surface area contributed by atoms with Crippen molar-refractivity contribution < 1.29 is 4.74 Å². The second kappa shape index (κ2) is 5.61. The van der Waals surface area contributed by atoms with Crippen LogP contribution in [0.15, 0.2) is 30.3 Å². The van der Waals surface area contributed by atoms with E-state index in [1.165, 1.54) is 12.0 Å². The van der Waals surface area contributed by atoms with Crippen molar-refractivity contribution in [3.8, 4) is 0 Å². The number of ether oxygens (including phenoxy) is 1. The monoisotopic (exact) mass is 260 g/mol. The molecule has 1 aromatic rings. The van der Waals surface area contributed by atoms with Crippen molar-refractivity contribution in [3.05, 3.63) is 35.9 Å². The molecule has 19 heavy (non-hydrogen) atoms. The minimum Gasteiger partial charge on any atom is -0.371 e. The molecule has 2 fully saturated rings. The molecule has 3 nitrogen and oxygen atoms in total. The molecule has 0 saturated carbocycles. The smallest absolute Gasteiger partial charge is 0.0952 e. The summed E-state index contributed by atoms with van der Waals surface area (Å²) in [5.74, 6) is 0. The Balaban J connectivity index is 1.62. The van der Waals surface area contributed by atoms with Crippen LogP contribution in [0.3, 0.4) is 0 Å². The van der Waals surface area contributed by atoms with Gasteiger partial charge < -0.3 is 10.1 Å². The van der Waals surface area contributed by atoms with E-state index in [4.69, 9.17) is 4.74 Å². The maximum Gasteiger partial charge on any atom is 0.0952 e. The summed E-state index contributed by atoms with van der Waals surface area (Å²) in [5, 5.41) is 3.66. The molecule has 0 aliphatic carbocycles. The molecule has 2 heterocycles. The van der Waals surface area contributed by atoms with Gasteiger partial charge in [-0.2, -0.15) is 0 Å². The number of benzene rings is 1. The lowest BCUT2D eigenvalue weighted by Crippen LogP contribution is -2.43. The van der Waals surface area contributed by atoms with Crippen LogP contribution in [0.25, 0.3) is 0 Å². The number of morpholine rings is 1. The third kappa shape index (κ3) is 2.99. The van der Waals surface area contributed by atoms with Crippen LogP contribution in [-0.2, 0) is 4.74 Å². The van der Waals surface area contributed by atoms with Gasteiger partial charge in [-0.25, -0.2) is 0 Å². The molecule has 1 N–H and O–H groups in total. The van der Waals surface area contributed by atoms with E-state index < -0.39 is 0 Å². The summed E-state index contributed by atoms with van der Waals surface area (Å²) in [7, 11) is 0. The van der Waals surface area contributed by atoms with E-state index in [2.05, 4.69) is 54.4 Å². The first-order chi connectivity index (χ1) is 9.22. The molecule has 3 atom stereocenters. The summed E-state index contributed by atoms with van der Waals surface area (Å²) in [6, 6.07) is 12.4. The number of fused-ring (bicyclic) bond motifs is 1. The molecule has 0 amide bonds. The van der Waals surface area contributed by atoms with Crippen molar-refractivity contribution in [2.24, 2.45) is 0 Å². The Labute approximate surface area is 115 Å². The van der Waals surface area contributed by atoms with Crippen LogP contribution in [0, 0.1) is 0 Å². The Morgan fingerprint density at radius 2 is 2.00 bits per heavy atom. The van der Waals surface area contributed by atoms with Gasteiger partial charge in [-0.05, 0) is 12.0 Å². The van der Waals surface area contributed by atoms with Crippen LogP contribution >= 0.6 is 0 Å². The highest BCUT2D eigenvalue weighted by molar-refractivity contribution is 5.18. The van der Waals surface area contributed by atoms with Gasteiger partial charge in [-0.15, -0.1) is 0 Å².